The Morgan fingerprint density at radius 2 is 2.08 bits per heavy atom. The molecule has 0 aromatic carbocycles. The minimum absolute atomic E-state index is 0.0453. The molecule has 1 saturated carbocycles. The molecule has 2 fully saturated rings. The number of nitrogens with one attached hydrogen (secondary N) is 2. The normalized spacial score (nSPS) is 29.9. The average Bonchev–Trinajstić information content (AvgIpc) is 3.02. The number of rotatable bonds is 3. The first-order valence-corrected chi connectivity index (χ1v) is 8.22. The molecule has 8 heteroatoms. The van der Waals surface area contributed by atoms with Crippen LogP contribution in [-0.2, 0) is 9.59 Å². The number of hydrogen-bond donors (Lipinski definition) is 2. The highest BCUT2D eigenvalue weighted by atomic mass is 16.5. The van der Waals surface area contributed by atoms with Gasteiger partial charge in [-0.15, -0.1) is 0 Å². The van der Waals surface area contributed by atoms with Gasteiger partial charge in [0.25, 0.3) is 5.91 Å². The van der Waals surface area contributed by atoms with Gasteiger partial charge >= 0.3 is 6.03 Å². The minimum atomic E-state index is -0.889. The van der Waals surface area contributed by atoms with E-state index in [1.165, 1.54) is 0 Å². The number of anilines is 1. The molecule has 0 bridgehead atoms. The molecule has 1 aromatic rings. The van der Waals surface area contributed by atoms with Gasteiger partial charge in [-0.2, -0.15) is 0 Å². The number of nitrogens with zero attached hydrogens (tertiary/aromatic N) is 2. The molecule has 4 amide bonds. The molecular formula is C16H22N4O4. The highest BCUT2D eigenvalue weighted by Crippen LogP contribution is 2.42. The van der Waals surface area contributed by atoms with Crippen molar-refractivity contribution in [1.82, 2.24) is 15.4 Å². The zero-order valence-corrected chi connectivity index (χ0v) is 14.1. The van der Waals surface area contributed by atoms with E-state index >= 15 is 0 Å². The molecule has 130 valence electrons. The van der Waals surface area contributed by atoms with Crippen molar-refractivity contribution in [1.29, 1.82) is 0 Å². The number of carbonyl (C=O) groups excluding carboxylic acids is 3. The van der Waals surface area contributed by atoms with Crippen molar-refractivity contribution in [2.45, 2.75) is 45.6 Å². The van der Waals surface area contributed by atoms with Crippen molar-refractivity contribution in [3.8, 4) is 0 Å². The summed E-state index contributed by atoms with van der Waals surface area (Å²) < 4.78 is 4.87. The Balaban J connectivity index is 1.73. The molecule has 1 aromatic heterocycles. The Bertz CT molecular complexity index is 673. The highest BCUT2D eigenvalue weighted by Gasteiger charge is 2.58. The first-order valence-electron chi connectivity index (χ1n) is 8.22. The number of imide groups is 1. The van der Waals surface area contributed by atoms with Gasteiger partial charge in [-0.25, -0.2) is 4.79 Å². The molecule has 24 heavy (non-hydrogen) atoms. The SMILES string of the molecule is Cc1cc(NC(=O)CN2C(=O)NC3(C2=O)[C@H](C)CCC[C@@H]3C)no1. The van der Waals surface area contributed by atoms with Crippen LogP contribution < -0.4 is 10.6 Å². The Morgan fingerprint density at radius 1 is 1.42 bits per heavy atom. The standard InChI is InChI=1S/C16H22N4O4/c1-9-5-4-6-10(2)16(9)14(22)20(15(23)18-16)8-13(21)17-12-7-11(3)24-19-12/h7,9-10H,4-6,8H2,1-3H3,(H,18,23)(H,17,19,21)/t9-,10+,16?. The van der Waals surface area contributed by atoms with Gasteiger partial charge in [0.15, 0.2) is 5.82 Å². The van der Waals surface area contributed by atoms with Crippen molar-refractivity contribution in [3.05, 3.63) is 11.8 Å². The molecule has 2 aliphatic rings. The second kappa shape index (κ2) is 5.92. The maximum Gasteiger partial charge on any atom is 0.325 e. The molecule has 3 atom stereocenters. The van der Waals surface area contributed by atoms with Gasteiger partial charge in [0.2, 0.25) is 5.91 Å². The molecule has 1 saturated heterocycles. The summed E-state index contributed by atoms with van der Waals surface area (Å²) in [6.45, 7) is 5.33. The highest BCUT2D eigenvalue weighted by molar-refractivity contribution is 6.10. The molecule has 3 rings (SSSR count). The van der Waals surface area contributed by atoms with E-state index in [4.69, 9.17) is 4.52 Å². The summed E-state index contributed by atoms with van der Waals surface area (Å²) in [5, 5.41) is 9.06. The number of amides is 4. The van der Waals surface area contributed by atoms with Gasteiger partial charge in [-0.05, 0) is 31.6 Å². The number of aryl methyl sites for hydroxylation is 1. The fourth-order valence-electron chi connectivity index (χ4n) is 3.85. The maximum atomic E-state index is 12.9. The summed E-state index contributed by atoms with van der Waals surface area (Å²) in [5.74, 6) is 0.120. The topological polar surface area (TPSA) is 105 Å². The van der Waals surface area contributed by atoms with E-state index in [0.717, 1.165) is 24.2 Å². The zero-order valence-electron chi connectivity index (χ0n) is 14.1. The van der Waals surface area contributed by atoms with Gasteiger partial charge in [-0.1, -0.05) is 25.4 Å². The third-order valence-corrected chi connectivity index (χ3v) is 5.18. The van der Waals surface area contributed by atoms with Crippen molar-refractivity contribution in [2.24, 2.45) is 11.8 Å². The molecule has 1 aliphatic carbocycles. The van der Waals surface area contributed by atoms with Crippen molar-refractivity contribution in [2.75, 3.05) is 11.9 Å². The molecular weight excluding hydrogens is 312 g/mol. The third-order valence-electron chi connectivity index (χ3n) is 5.18. The fourth-order valence-corrected chi connectivity index (χ4v) is 3.85. The first-order chi connectivity index (χ1) is 11.3. The molecule has 1 spiro atoms. The minimum Gasteiger partial charge on any atom is -0.360 e. The van der Waals surface area contributed by atoms with Crippen LogP contribution in [0.5, 0.6) is 0 Å². The van der Waals surface area contributed by atoms with E-state index in [-0.39, 0.29) is 30.1 Å². The van der Waals surface area contributed by atoms with Gasteiger partial charge < -0.3 is 15.2 Å². The van der Waals surface area contributed by atoms with Gasteiger partial charge in [0.05, 0.1) is 0 Å². The number of urea groups is 1. The number of hydrogen-bond acceptors (Lipinski definition) is 5. The Morgan fingerprint density at radius 3 is 2.67 bits per heavy atom. The molecule has 2 N–H and O–H groups in total. The molecule has 2 heterocycles. The van der Waals surface area contributed by atoms with Crippen molar-refractivity contribution >= 4 is 23.7 Å². The molecule has 0 radical (unpaired) electrons. The van der Waals surface area contributed by atoms with Crippen LogP contribution in [0.15, 0.2) is 10.6 Å². The Labute approximate surface area is 139 Å². The van der Waals surface area contributed by atoms with Crippen molar-refractivity contribution in [3.63, 3.8) is 0 Å². The maximum absolute atomic E-state index is 12.9. The summed E-state index contributed by atoms with van der Waals surface area (Å²) in [7, 11) is 0. The smallest absolute Gasteiger partial charge is 0.325 e. The quantitative estimate of drug-likeness (QED) is 0.818. The second-order valence-corrected chi connectivity index (χ2v) is 6.79. The lowest BCUT2D eigenvalue weighted by Gasteiger charge is -2.42. The van der Waals surface area contributed by atoms with E-state index in [0.29, 0.717) is 5.76 Å². The summed E-state index contributed by atoms with van der Waals surface area (Å²) in [4.78, 5) is 38.4. The predicted molar refractivity (Wildman–Crippen MR) is 85.0 cm³/mol. The first kappa shape index (κ1) is 16.5. The van der Waals surface area contributed by atoms with Gasteiger partial charge in [-0.3, -0.25) is 14.5 Å². The van der Waals surface area contributed by atoms with Crippen LogP contribution in [-0.4, -0.2) is 40.0 Å². The fraction of sp³-hybridized carbons (Fsp3) is 0.625. The lowest BCUT2D eigenvalue weighted by molar-refractivity contribution is -0.138. The summed E-state index contributed by atoms with van der Waals surface area (Å²) in [5.41, 5.74) is -0.889. The lowest BCUT2D eigenvalue weighted by atomic mass is 9.67. The van der Waals surface area contributed by atoms with E-state index in [9.17, 15) is 14.4 Å². The Hall–Kier alpha value is -2.38. The van der Waals surface area contributed by atoms with Gasteiger partial charge in [0.1, 0.15) is 17.8 Å². The third kappa shape index (κ3) is 2.55. The summed E-state index contributed by atoms with van der Waals surface area (Å²) in [6.07, 6.45) is 2.81. The van der Waals surface area contributed by atoms with Crippen LogP contribution in [0.3, 0.4) is 0 Å². The van der Waals surface area contributed by atoms with Crippen molar-refractivity contribution < 1.29 is 18.9 Å². The van der Waals surface area contributed by atoms with E-state index in [1.807, 2.05) is 13.8 Å². The second-order valence-electron chi connectivity index (χ2n) is 6.79. The van der Waals surface area contributed by atoms with Crippen LogP contribution in [0.2, 0.25) is 0 Å². The Kier molecular flexibility index (Phi) is 4.06. The van der Waals surface area contributed by atoms with E-state index in [1.54, 1.807) is 13.0 Å². The van der Waals surface area contributed by atoms with Crippen LogP contribution in [0.1, 0.15) is 38.9 Å². The van der Waals surface area contributed by atoms with Crippen LogP contribution in [0.4, 0.5) is 10.6 Å². The molecule has 8 nitrogen and oxygen atoms in total. The van der Waals surface area contributed by atoms with Crippen LogP contribution >= 0.6 is 0 Å². The number of carbonyl (C=O) groups is 3. The largest absolute Gasteiger partial charge is 0.360 e. The van der Waals surface area contributed by atoms with E-state index in [2.05, 4.69) is 15.8 Å². The molecule has 1 aliphatic heterocycles. The number of aromatic nitrogens is 1. The summed E-state index contributed by atoms with van der Waals surface area (Å²) in [6, 6.07) is 1.06. The van der Waals surface area contributed by atoms with Crippen LogP contribution in [0, 0.1) is 18.8 Å². The zero-order chi connectivity index (χ0) is 17.5. The van der Waals surface area contributed by atoms with E-state index < -0.39 is 17.5 Å². The predicted octanol–water partition coefficient (Wildman–Crippen LogP) is 1.67. The summed E-state index contributed by atoms with van der Waals surface area (Å²) >= 11 is 0. The lowest BCUT2D eigenvalue weighted by Crippen LogP contribution is -2.59. The molecule has 1 unspecified atom stereocenters. The van der Waals surface area contributed by atoms with Crippen LogP contribution in [0.25, 0.3) is 0 Å². The van der Waals surface area contributed by atoms with Gasteiger partial charge in [0, 0.05) is 6.07 Å². The monoisotopic (exact) mass is 334 g/mol. The average molecular weight is 334 g/mol.